The van der Waals surface area contributed by atoms with Crippen LogP contribution in [0.4, 0.5) is 19.3 Å². The number of halogens is 2. The lowest BCUT2D eigenvalue weighted by Crippen LogP contribution is -2.34. The number of fused-ring (bicyclic) bond motifs is 1. The summed E-state index contributed by atoms with van der Waals surface area (Å²) in [5.41, 5.74) is 0.647. The molecule has 2 fully saturated rings. The normalized spacial score (nSPS) is 23.6. The zero-order valence-electron chi connectivity index (χ0n) is 15.9. The maximum Gasteiger partial charge on any atom is 0.319 e. The SMILES string of the molecule is C=C1/C(=C\C=C(/C)Oc2ccncn2)O[C@@H]2[C@@H](NC(=O)Nc3ccc(F)cc3F)[C@H]12. The fourth-order valence-electron chi connectivity index (χ4n) is 3.18. The second-order valence-electron chi connectivity index (χ2n) is 6.84. The van der Waals surface area contributed by atoms with Gasteiger partial charge in [0.2, 0.25) is 5.88 Å². The van der Waals surface area contributed by atoms with Crippen LogP contribution in [0, 0.1) is 17.6 Å². The molecule has 1 aliphatic heterocycles. The monoisotopic (exact) mass is 412 g/mol. The molecule has 4 rings (SSSR count). The van der Waals surface area contributed by atoms with Crippen LogP contribution in [-0.2, 0) is 4.74 Å². The number of hydrogen-bond donors (Lipinski definition) is 2. The number of rotatable bonds is 5. The summed E-state index contributed by atoms with van der Waals surface area (Å²) in [5.74, 6) is 0.0205. The molecule has 2 N–H and O–H groups in total. The van der Waals surface area contributed by atoms with Gasteiger partial charge in [-0.3, -0.25) is 0 Å². The number of anilines is 1. The summed E-state index contributed by atoms with van der Waals surface area (Å²) in [7, 11) is 0. The predicted molar refractivity (Wildman–Crippen MR) is 104 cm³/mol. The van der Waals surface area contributed by atoms with Crippen molar-refractivity contribution in [1.29, 1.82) is 0 Å². The molecule has 3 atom stereocenters. The Morgan fingerprint density at radius 2 is 2.17 bits per heavy atom. The van der Waals surface area contributed by atoms with Crippen LogP contribution in [0.15, 0.2) is 72.6 Å². The van der Waals surface area contributed by atoms with Gasteiger partial charge in [-0.1, -0.05) is 6.58 Å². The van der Waals surface area contributed by atoms with Crippen molar-refractivity contribution in [2.45, 2.75) is 19.1 Å². The fourth-order valence-corrected chi connectivity index (χ4v) is 3.18. The number of hydrogen-bond acceptors (Lipinski definition) is 5. The number of amides is 2. The molecule has 1 saturated carbocycles. The number of allylic oxidation sites excluding steroid dienone is 4. The minimum absolute atomic E-state index is 0.0587. The van der Waals surface area contributed by atoms with E-state index in [0.29, 0.717) is 23.5 Å². The van der Waals surface area contributed by atoms with Gasteiger partial charge in [-0.25, -0.2) is 23.5 Å². The number of benzene rings is 1. The van der Waals surface area contributed by atoms with E-state index in [0.717, 1.165) is 17.7 Å². The number of nitrogens with one attached hydrogen (secondary N) is 2. The molecule has 1 saturated heterocycles. The highest BCUT2D eigenvalue weighted by Gasteiger charge is 2.60. The van der Waals surface area contributed by atoms with Crippen molar-refractivity contribution in [2.24, 2.45) is 5.92 Å². The van der Waals surface area contributed by atoms with E-state index in [1.165, 1.54) is 6.33 Å². The molecule has 30 heavy (non-hydrogen) atoms. The molecule has 9 heteroatoms. The van der Waals surface area contributed by atoms with Crippen molar-refractivity contribution in [1.82, 2.24) is 15.3 Å². The van der Waals surface area contributed by atoms with Crippen molar-refractivity contribution in [3.63, 3.8) is 0 Å². The number of carbonyl (C=O) groups excluding carboxylic acids is 1. The lowest BCUT2D eigenvalue weighted by atomic mass is 10.1. The smallest absolute Gasteiger partial charge is 0.319 e. The second kappa shape index (κ2) is 7.94. The third-order valence-corrected chi connectivity index (χ3v) is 4.70. The van der Waals surface area contributed by atoms with Crippen LogP contribution in [0.5, 0.6) is 5.88 Å². The van der Waals surface area contributed by atoms with Crippen LogP contribution in [0.3, 0.4) is 0 Å². The quantitative estimate of drug-likeness (QED) is 0.732. The van der Waals surface area contributed by atoms with Gasteiger partial charge in [0.05, 0.1) is 17.6 Å². The van der Waals surface area contributed by atoms with Gasteiger partial charge in [-0.05, 0) is 36.8 Å². The lowest BCUT2D eigenvalue weighted by molar-refractivity contribution is 0.210. The summed E-state index contributed by atoms with van der Waals surface area (Å²) in [6.45, 7) is 5.81. The largest absolute Gasteiger partial charge is 0.487 e. The first-order valence-electron chi connectivity index (χ1n) is 9.13. The molecule has 0 unspecified atom stereocenters. The van der Waals surface area contributed by atoms with Crippen molar-refractivity contribution in [3.8, 4) is 5.88 Å². The van der Waals surface area contributed by atoms with Crippen LogP contribution in [0.25, 0.3) is 0 Å². The Balaban J connectivity index is 1.30. The first kappa shape index (κ1) is 19.6. The highest BCUT2D eigenvalue weighted by molar-refractivity contribution is 5.90. The van der Waals surface area contributed by atoms with Gasteiger partial charge >= 0.3 is 6.03 Å². The molecule has 7 nitrogen and oxygen atoms in total. The van der Waals surface area contributed by atoms with Crippen LogP contribution < -0.4 is 15.4 Å². The van der Waals surface area contributed by atoms with Gasteiger partial charge in [0, 0.05) is 18.3 Å². The third kappa shape index (κ3) is 4.14. The summed E-state index contributed by atoms with van der Waals surface area (Å²) in [4.78, 5) is 19.9. The number of urea groups is 1. The molecule has 154 valence electrons. The third-order valence-electron chi connectivity index (χ3n) is 4.70. The number of aromatic nitrogens is 2. The zero-order valence-corrected chi connectivity index (χ0v) is 15.9. The standard InChI is InChI=1S/C21H18F2N4O3/c1-11(29-17-7-8-24-10-25-17)3-6-16-12(2)18-19(20(18)30-16)27-21(28)26-15-5-4-13(22)9-14(15)23/h3-10,18-20H,2H2,1H3,(H2,26,27,28)/b11-3+,16-6+/t18-,19-,20-/m0/s1. The molecule has 2 aromatic rings. The van der Waals surface area contributed by atoms with Crippen molar-refractivity contribution >= 4 is 11.7 Å². The Bertz CT molecular complexity index is 1060. The molecular formula is C21H18F2N4O3. The molecule has 0 radical (unpaired) electrons. The van der Waals surface area contributed by atoms with Crippen LogP contribution in [-0.4, -0.2) is 28.1 Å². The van der Waals surface area contributed by atoms with Gasteiger partial charge in [0.15, 0.2) is 0 Å². The van der Waals surface area contributed by atoms with E-state index in [2.05, 4.69) is 27.2 Å². The van der Waals surface area contributed by atoms with E-state index >= 15 is 0 Å². The second-order valence-corrected chi connectivity index (χ2v) is 6.84. The average molecular weight is 412 g/mol. The van der Waals surface area contributed by atoms with E-state index < -0.39 is 17.7 Å². The molecule has 2 amide bonds. The van der Waals surface area contributed by atoms with Crippen molar-refractivity contribution in [3.05, 3.63) is 84.2 Å². The number of carbonyl (C=O) groups is 1. The maximum atomic E-state index is 13.6. The Kier molecular flexibility index (Phi) is 5.18. The van der Waals surface area contributed by atoms with E-state index in [9.17, 15) is 13.6 Å². The molecule has 1 aromatic heterocycles. The molecule has 2 aliphatic rings. The Morgan fingerprint density at radius 1 is 1.33 bits per heavy atom. The summed E-state index contributed by atoms with van der Waals surface area (Å²) in [6, 6.07) is 3.71. The summed E-state index contributed by atoms with van der Waals surface area (Å²) >= 11 is 0. The molecule has 1 aromatic carbocycles. The molecule has 1 aliphatic carbocycles. The Labute approximate surface area is 171 Å². The van der Waals surface area contributed by atoms with Gasteiger partial charge in [-0.2, -0.15) is 0 Å². The zero-order chi connectivity index (χ0) is 21.3. The molecule has 0 spiro atoms. The summed E-state index contributed by atoms with van der Waals surface area (Å²) < 4.78 is 38.0. The van der Waals surface area contributed by atoms with Gasteiger partial charge < -0.3 is 20.1 Å². The van der Waals surface area contributed by atoms with Crippen molar-refractivity contribution in [2.75, 3.05) is 5.32 Å². The van der Waals surface area contributed by atoms with Crippen LogP contribution in [0.2, 0.25) is 0 Å². The van der Waals surface area contributed by atoms with E-state index in [4.69, 9.17) is 9.47 Å². The molecule has 2 heterocycles. The van der Waals surface area contributed by atoms with E-state index in [-0.39, 0.29) is 23.8 Å². The van der Waals surface area contributed by atoms with E-state index in [1.54, 1.807) is 31.3 Å². The highest BCUT2D eigenvalue weighted by Crippen LogP contribution is 2.50. The van der Waals surface area contributed by atoms with Crippen LogP contribution in [0.1, 0.15) is 6.92 Å². The maximum absolute atomic E-state index is 13.6. The minimum Gasteiger partial charge on any atom is -0.487 e. The number of nitrogens with zero attached hydrogens (tertiary/aromatic N) is 2. The first-order chi connectivity index (χ1) is 14.4. The minimum atomic E-state index is -0.849. The van der Waals surface area contributed by atoms with Gasteiger partial charge in [0.1, 0.15) is 35.6 Å². The van der Waals surface area contributed by atoms with E-state index in [1.807, 2.05) is 0 Å². The average Bonchev–Trinajstić information content (AvgIpc) is 3.26. The lowest BCUT2D eigenvalue weighted by Gasteiger charge is -2.12. The van der Waals surface area contributed by atoms with Crippen LogP contribution >= 0.6 is 0 Å². The number of ether oxygens (including phenoxy) is 2. The summed E-state index contributed by atoms with van der Waals surface area (Å²) in [6.07, 6.45) is 6.22. The highest BCUT2D eigenvalue weighted by atomic mass is 19.1. The Morgan fingerprint density at radius 3 is 2.83 bits per heavy atom. The van der Waals surface area contributed by atoms with Crippen molar-refractivity contribution < 1.29 is 23.0 Å². The molecule has 0 bridgehead atoms. The van der Waals surface area contributed by atoms with Gasteiger partial charge in [-0.15, -0.1) is 0 Å². The van der Waals surface area contributed by atoms with Gasteiger partial charge in [0.25, 0.3) is 0 Å². The first-order valence-corrected chi connectivity index (χ1v) is 9.13. The predicted octanol–water partition coefficient (Wildman–Crippen LogP) is 3.70. The summed E-state index contributed by atoms with van der Waals surface area (Å²) in [5, 5.41) is 5.08. The molecular weight excluding hydrogens is 394 g/mol. The topological polar surface area (TPSA) is 85.4 Å². The fraction of sp³-hybridized carbons (Fsp3) is 0.190. The Hall–Kier alpha value is -3.75.